The Morgan fingerprint density at radius 1 is 1.45 bits per heavy atom. The smallest absolute Gasteiger partial charge is 0.261 e. The van der Waals surface area contributed by atoms with Gasteiger partial charge in [-0.2, -0.15) is 5.26 Å². The van der Waals surface area contributed by atoms with E-state index in [-0.39, 0.29) is 10.6 Å². The fourth-order valence-electron chi connectivity index (χ4n) is 2.83. The number of nitrogens with two attached hydrogens (primary N) is 2. The third kappa shape index (κ3) is 2.88. The minimum atomic E-state index is -0.568. The number of carbonyl (C=O) groups excluding carboxylic acids is 1. The molecule has 6 heteroatoms. The standard InChI is InChI=1S/C14H20N4OS/c1-18(8-9-5-3-2-4-6-9)14-10(7-15)11(16)12(20-14)13(17)19/h9H,2-6,8,16H2,1H3,(H2,17,19). The molecule has 1 heterocycles. The maximum absolute atomic E-state index is 11.3. The first-order chi connectivity index (χ1) is 9.54. The van der Waals surface area contributed by atoms with E-state index in [1.807, 2.05) is 11.9 Å². The lowest BCUT2D eigenvalue weighted by Gasteiger charge is -2.27. The van der Waals surface area contributed by atoms with Crippen molar-refractivity contribution in [3.05, 3.63) is 10.4 Å². The van der Waals surface area contributed by atoms with E-state index in [0.717, 1.165) is 11.5 Å². The Morgan fingerprint density at radius 3 is 2.65 bits per heavy atom. The summed E-state index contributed by atoms with van der Waals surface area (Å²) in [6, 6.07) is 2.09. The average molecular weight is 292 g/mol. The second kappa shape index (κ2) is 6.14. The molecule has 0 spiro atoms. The molecule has 0 atom stereocenters. The second-order valence-corrected chi connectivity index (χ2v) is 6.38. The molecule has 1 aromatic rings. The Morgan fingerprint density at radius 2 is 2.10 bits per heavy atom. The van der Waals surface area contributed by atoms with Crippen LogP contribution >= 0.6 is 11.3 Å². The van der Waals surface area contributed by atoms with Crippen LogP contribution in [-0.2, 0) is 0 Å². The van der Waals surface area contributed by atoms with Gasteiger partial charge in [-0.25, -0.2) is 0 Å². The normalized spacial score (nSPS) is 15.8. The predicted octanol–water partition coefficient (Wildman–Crippen LogP) is 2.32. The topological polar surface area (TPSA) is 96.1 Å². The Kier molecular flexibility index (Phi) is 4.50. The summed E-state index contributed by atoms with van der Waals surface area (Å²) in [5.74, 6) is 0.0851. The number of amides is 1. The maximum Gasteiger partial charge on any atom is 0.261 e. The van der Waals surface area contributed by atoms with Gasteiger partial charge in [-0.1, -0.05) is 19.3 Å². The Balaban J connectivity index is 2.20. The van der Waals surface area contributed by atoms with E-state index < -0.39 is 5.91 Å². The molecule has 4 N–H and O–H groups in total. The quantitative estimate of drug-likeness (QED) is 0.890. The zero-order valence-corrected chi connectivity index (χ0v) is 12.5. The number of primary amides is 1. The van der Waals surface area contributed by atoms with Crippen LogP contribution < -0.4 is 16.4 Å². The lowest BCUT2D eigenvalue weighted by molar-refractivity contribution is 0.100. The number of nitriles is 1. The number of nitrogen functional groups attached to an aromatic ring is 1. The number of nitrogens with zero attached hydrogens (tertiary/aromatic N) is 2. The van der Waals surface area contributed by atoms with Crippen LogP contribution in [0.15, 0.2) is 0 Å². The number of hydrogen-bond acceptors (Lipinski definition) is 5. The first kappa shape index (κ1) is 14.7. The molecule has 5 nitrogen and oxygen atoms in total. The molecule has 1 saturated carbocycles. The molecule has 0 unspecified atom stereocenters. The van der Waals surface area contributed by atoms with Crippen molar-refractivity contribution in [3.8, 4) is 6.07 Å². The largest absolute Gasteiger partial charge is 0.396 e. The van der Waals surface area contributed by atoms with Crippen LogP contribution in [0.25, 0.3) is 0 Å². The highest BCUT2D eigenvalue weighted by atomic mass is 32.1. The summed E-state index contributed by atoms with van der Waals surface area (Å²) in [6.07, 6.45) is 6.35. The van der Waals surface area contributed by atoms with Crippen LogP contribution in [0.1, 0.15) is 47.3 Å². The van der Waals surface area contributed by atoms with Gasteiger partial charge in [0.05, 0.1) is 5.69 Å². The molecular weight excluding hydrogens is 272 g/mol. The van der Waals surface area contributed by atoms with E-state index in [9.17, 15) is 10.1 Å². The van der Waals surface area contributed by atoms with Crippen molar-refractivity contribution < 1.29 is 4.79 Å². The number of hydrogen-bond donors (Lipinski definition) is 2. The summed E-state index contributed by atoms with van der Waals surface area (Å²) < 4.78 is 0. The molecule has 1 aromatic heterocycles. The van der Waals surface area contributed by atoms with Crippen molar-refractivity contribution in [1.29, 1.82) is 5.26 Å². The number of rotatable bonds is 4. The molecule has 0 aromatic carbocycles. The SMILES string of the molecule is CN(CC1CCCCC1)c1sc(C(N)=O)c(N)c1C#N. The summed E-state index contributed by atoms with van der Waals surface area (Å²) in [7, 11) is 1.95. The van der Waals surface area contributed by atoms with Gasteiger partial charge in [0.2, 0.25) is 0 Å². The number of thiophene rings is 1. The summed E-state index contributed by atoms with van der Waals surface area (Å²) >= 11 is 1.22. The van der Waals surface area contributed by atoms with Gasteiger partial charge in [0.1, 0.15) is 21.5 Å². The Labute approximate surface area is 123 Å². The van der Waals surface area contributed by atoms with E-state index >= 15 is 0 Å². The minimum Gasteiger partial charge on any atom is -0.396 e. The molecule has 0 saturated heterocycles. The summed E-state index contributed by atoms with van der Waals surface area (Å²) in [4.78, 5) is 13.7. The van der Waals surface area contributed by atoms with Crippen LogP contribution in [0.5, 0.6) is 0 Å². The van der Waals surface area contributed by atoms with Gasteiger partial charge in [-0.3, -0.25) is 4.79 Å². The highest BCUT2D eigenvalue weighted by Crippen LogP contribution is 2.38. The molecule has 1 fully saturated rings. The molecule has 1 amide bonds. The van der Waals surface area contributed by atoms with Crippen LogP contribution in [0.3, 0.4) is 0 Å². The lowest BCUT2D eigenvalue weighted by Crippen LogP contribution is -2.26. The van der Waals surface area contributed by atoms with Crippen LogP contribution in [0.4, 0.5) is 10.7 Å². The summed E-state index contributed by atoms with van der Waals surface area (Å²) in [5.41, 5.74) is 11.7. The number of carbonyl (C=O) groups is 1. The molecule has 2 rings (SSSR count). The van der Waals surface area contributed by atoms with Gasteiger partial charge in [0.25, 0.3) is 5.91 Å². The predicted molar refractivity (Wildman–Crippen MR) is 81.8 cm³/mol. The van der Waals surface area contributed by atoms with Gasteiger partial charge in [-0.05, 0) is 18.8 Å². The fourth-order valence-corrected chi connectivity index (χ4v) is 3.83. The van der Waals surface area contributed by atoms with E-state index in [1.165, 1.54) is 43.4 Å². The zero-order chi connectivity index (χ0) is 14.7. The van der Waals surface area contributed by atoms with Crippen molar-refractivity contribution in [3.63, 3.8) is 0 Å². The van der Waals surface area contributed by atoms with Gasteiger partial charge >= 0.3 is 0 Å². The minimum absolute atomic E-state index is 0.218. The van der Waals surface area contributed by atoms with Gasteiger partial charge in [0, 0.05) is 13.6 Å². The molecule has 20 heavy (non-hydrogen) atoms. The first-order valence-corrected chi connectivity index (χ1v) is 7.69. The Hall–Kier alpha value is -1.74. The zero-order valence-electron chi connectivity index (χ0n) is 11.7. The molecular formula is C14H20N4OS. The highest BCUT2D eigenvalue weighted by Gasteiger charge is 2.23. The lowest BCUT2D eigenvalue weighted by atomic mass is 9.89. The van der Waals surface area contributed by atoms with E-state index in [2.05, 4.69) is 6.07 Å². The molecule has 0 radical (unpaired) electrons. The summed E-state index contributed by atoms with van der Waals surface area (Å²) in [6.45, 7) is 0.896. The van der Waals surface area contributed by atoms with Crippen LogP contribution in [-0.4, -0.2) is 19.5 Å². The number of anilines is 2. The van der Waals surface area contributed by atoms with Gasteiger partial charge < -0.3 is 16.4 Å². The van der Waals surface area contributed by atoms with Crippen molar-refractivity contribution in [2.45, 2.75) is 32.1 Å². The molecule has 1 aliphatic carbocycles. The van der Waals surface area contributed by atoms with E-state index in [4.69, 9.17) is 11.5 Å². The van der Waals surface area contributed by atoms with Crippen molar-refractivity contribution in [1.82, 2.24) is 0 Å². The first-order valence-electron chi connectivity index (χ1n) is 6.88. The average Bonchev–Trinajstić information content (AvgIpc) is 2.77. The van der Waals surface area contributed by atoms with Crippen molar-refractivity contribution >= 4 is 27.9 Å². The monoisotopic (exact) mass is 292 g/mol. The van der Waals surface area contributed by atoms with Crippen molar-refractivity contribution in [2.24, 2.45) is 11.7 Å². The van der Waals surface area contributed by atoms with Crippen LogP contribution in [0.2, 0.25) is 0 Å². The van der Waals surface area contributed by atoms with Crippen molar-refractivity contribution in [2.75, 3.05) is 24.2 Å². The molecule has 1 aliphatic rings. The third-order valence-electron chi connectivity index (χ3n) is 3.87. The summed E-state index contributed by atoms with van der Waals surface area (Å²) in [5, 5.41) is 10.0. The maximum atomic E-state index is 11.3. The van der Waals surface area contributed by atoms with Gasteiger partial charge in [0.15, 0.2) is 0 Å². The fraction of sp³-hybridized carbons (Fsp3) is 0.571. The molecule has 108 valence electrons. The van der Waals surface area contributed by atoms with Gasteiger partial charge in [-0.15, -0.1) is 11.3 Å². The molecule has 0 aliphatic heterocycles. The van der Waals surface area contributed by atoms with Crippen LogP contribution in [0, 0.1) is 17.2 Å². The highest BCUT2D eigenvalue weighted by molar-refractivity contribution is 7.19. The third-order valence-corrected chi connectivity index (χ3v) is 5.20. The molecule has 0 bridgehead atoms. The Bertz CT molecular complexity index is 540. The second-order valence-electron chi connectivity index (χ2n) is 5.39. The van der Waals surface area contributed by atoms with E-state index in [0.29, 0.717) is 11.5 Å². The van der Waals surface area contributed by atoms with E-state index in [1.54, 1.807) is 0 Å².